The molecule has 0 amide bonds. The Morgan fingerprint density at radius 1 is 0.750 bits per heavy atom. The average molecular weight is 226 g/mol. The van der Waals surface area contributed by atoms with Crippen molar-refractivity contribution in [3.8, 4) is 0 Å². The molecule has 0 rings (SSSR count). The van der Waals surface area contributed by atoms with E-state index < -0.39 is 20.8 Å². The highest BCUT2D eigenvalue weighted by atomic mass is 32.3. The molecular weight excluding hydrogens is 220 g/mol. The van der Waals surface area contributed by atoms with Gasteiger partial charge in [-0.3, -0.25) is 0 Å². The Balaban J connectivity index is 4.20. The molecule has 74 valence electrons. The van der Waals surface area contributed by atoms with Crippen molar-refractivity contribution in [2.75, 3.05) is 0 Å². The summed E-state index contributed by atoms with van der Waals surface area (Å²) in [7, 11) is -9.17. The molecule has 0 unspecified atom stereocenters. The summed E-state index contributed by atoms with van der Waals surface area (Å²) in [6.45, 7) is 0. The van der Waals surface area contributed by atoms with Crippen LogP contribution < -0.4 is 11.8 Å². The Morgan fingerprint density at radius 2 is 1.00 bits per heavy atom. The molecule has 0 fully saturated rings. The molecule has 0 saturated carbocycles. The second-order valence-corrected chi connectivity index (χ2v) is 3.56. The minimum atomic E-state index is -4.58. The summed E-state index contributed by atoms with van der Waals surface area (Å²) >= 11 is 0. The molecule has 0 aliphatic heterocycles. The normalized spacial score (nSPS) is 13.2. The largest absolute Gasteiger partial charge is 0.472 e. The first-order valence-electron chi connectivity index (χ1n) is 2.08. The highest BCUT2D eigenvalue weighted by molar-refractivity contribution is 7.83. The fourth-order valence-corrected chi connectivity index (χ4v) is 0.730. The van der Waals surface area contributed by atoms with Crippen LogP contribution in [0.2, 0.25) is 0 Å². The lowest BCUT2D eigenvalue weighted by atomic mass is 13.6. The van der Waals surface area contributed by atoms with Gasteiger partial charge in [-0.25, -0.2) is 0 Å². The fourth-order valence-electron chi connectivity index (χ4n) is 0.107. The lowest BCUT2D eigenvalue weighted by Gasteiger charge is -1.95. The van der Waals surface area contributed by atoms with Crippen LogP contribution in [-0.2, 0) is 38.0 Å². The Morgan fingerprint density at radius 3 is 1.17 bits per heavy atom. The molecule has 12 heteroatoms. The second-order valence-electron chi connectivity index (χ2n) is 1.19. The predicted molar refractivity (Wildman–Crippen MR) is 28.0 cm³/mol. The maximum atomic E-state index is 10.2. The van der Waals surface area contributed by atoms with E-state index in [1.807, 2.05) is 0 Å². The van der Waals surface area contributed by atoms with Gasteiger partial charge < -0.3 is 0 Å². The van der Waals surface area contributed by atoms with Crippen molar-refractivity contribution in [2.24, 2.45) is 0 Å². The number of rotatable bonds is 5. The van der Waals surface area contributed by atoms with Crippen molar-refractivity contribution in [1.29, 1.82) is 0 Å². The van der Waals surface area contributed by atoms with E-state index in [9.17, 15) is 16.8 Å². The lowest BCUT2D eigenvalue weighted by molar-refractivity contribution is -0.642. The first-order valence-corrected chi connectivity index (χ1v) is 4.74. The van der Waals surface area contributed by atoms with Crippen molar-refractivity contribution in [3.63, 3.8) is 0 Å². The molecule has 0 saturated heterocycles. The van der Waals surface area contributed by atoms with Crippen LogP contribution in [0.15, 0.2) is 0 Å². The van der Waals surface area contributed by atoms with E-state index in [4.69, 9.17) is 0 Å². The summed E-state index contributed by atoms with van der Waals surface area (Å²) in [6, 6.07) is 0. The van der Waals surface area contributed by atoms with Crippen molar-refractivity contribution in [3.05, 3.63) is 0 Å². The summed E-state index contributed by atoms with van der Waals surface area (Å²) in [6.07, 6.45) is 0. The SMILES string of the molecule is [NH3+]OS(=O)(=O)OOS(=O)(=O)O[NH3+]. The molecule has 0 spiro atoms. The molecule has 0 heterocycles. The topological polar surface area (TPSA) is 160 Å². The highest BCUT2D eigenvalue weighted by Gasteiger charge is 2.22. The molecule has 0 aromatic rings. The van der Waals surface area contributed by atoms with Crippen molar-refractivity contribution in [2.45, 2.75) is 0 Å². The fraction of sp³-hybridized carbons (Fsp3) is 0. The summed E-state index contributed by atoms with van der Waals surface area (Å²) in [5.41, 5.74) is 0. The molecule has 10 nitrogen and oxygen atoms in total. The molecule has 0 aliphatic rings. The minimum absolute atomic E-state index is 2.44. The first-order chi connectivity index (χ1) is 5.33. The van der Waals surface area contributed by atoms with Crippen molar-refractivity contribution < 1.29 is 45.9 Å². The summed E-state index contributed by atoms with van der Waals surface area (Å²) < 4.78 is 54.1. The maximum Gasteiger partial charge on any atom is 0.472 e. The van der Waals surface area contributed by atoms with E-state index in [0.29, 0.717) is 0 Å². The zero-order valence-electron chi connectivity index (χ0n) is 5.50. The number of hydrogen-bond donors (Lipinski definition) is 2. The molecule has 12 heavy (non-hydrogen) atoms. The summed E-state index contributed by atoms with van der Waals surface area (Å²) in [5, 5.41) is 0. The molecule has 0 aromatic carbocycles. The van der Waals surface area contributed by atoms with Gasteiger partial charge in [-0.05, 0) is 0 Å². The predicted octanol–water partition coefficient (Wildman–Crippen LogP) is -4.23. The first kappa shape index (κ1) is 11.7. The van der Waals surface area contributed by atoms with Crippen LogP contribution in [0.5, 0.6) is 0 Å². The maximum absolute atomic E-state index is 10.2. The standard InChI is InChI=1S/H6N2O8S2/c1-7-11(3,4)9-10-12(5,6)8-2/h1-2H3/q+2. The third-order valence-corrected chi connectivity index (χ3v) is 1.62. The van der Waals surface area contributed by atoms with Crippen LogP contribution in [0, 0.1) is 0 Å². The molecule has 6 N–H and O–H groups in total. The van der Waals surface area contributed by atoms with Crippen LogP contribution in [-0.4, -0.2) is 16.8 Å². The Hall–Kier alpha value is -0.340. The van der Waals surface area contributed by atoms with Gasteiger partial charge in [-0.1, -0.05) is 17.2 Å². The monoisotopic (exact) mass is 226 g/mol. The third kappa shape index (κ3) is 4.52. The van der Waals surface area contributed by atoms with Crippen LogP contribution in [0.3, 0.4) is 0 Å². The van der Waals surface area contributed by atoms with Crippen LogP contribution in [0.4, 0.5) is 0 Å². The summed E-state index contributed by atoms with van der Waals surface area (Å²) in [4.78, 5) is 0. The zero-order valence-corrected chi connectivity index (χ0v) is 7.13. The van der Waals surface area contributed by atoms with E-state index in [1.165, 1.54) is 0 Å². The van der Waals surface area contributed by atoms with E-state index in [-0.39, 0.29) is 0 Å². The number of quaternary nitrogens is 2. The van der Waals surface area contributed by atoms with E-state index in [0.717, 1.165) is 0 Å². The lowest BCUT2D eigenvalue weighted by Crippen LogP contribution is -2.53. The van der Waals surface area contributed by atoms with Gasteiger partial charge in [-0.2, -0.15) is 28.6 Å². The summed E-state index contributed by atoms with van der Waals surface area (Å²) in [5.74, 6) is 4.88. The van der Waals surface area contributed by atoms with E-state index >= 15 is 0 Å². The number of hydrogen-bond acceptors (Lipinski definition) is 8. The molecular formula is H6N2O8S2+2. The smallest absolute Gasteiger partial charge is 0.191 e. The van der Waals surface area contributed by atoms with Gasteiger partial charge >= 0.3 is 20.8 Å². The van der Waals surface area contributed by atoms with Gasteiger partial charge in [0.25, 0.3) is 0 Å². The van der Waals surface area contributed by atoms with Gasteiger partial charge in [0.1, 0.15) is 0 Å². The average Bonchev–Trinajstić information content (AvgIpc) is 2.02. The second kappa shape index (κ2) is 4.06. The van der Waals surface area contributed by atoms with Crippen molar-refractivity contribution >= 4 is 20.8 Å². The Kier molecular flexibility index (Phi) is 3.94. The van der Waals surface area contributed by atoms with Gasteiger partial charge in [0.15, 0.2) is 0 Å². The van der Waals surface area contributed by atoms with E-state index in [1.54, 1.807) is 0 Å². The van der Waals surface area contributed by atoms with Crippen LogP contribution in [0.25, 0.3) is 0 Å². The van der Waals surface area contributed by atoms with Gasteiger partial charge in [0, 0.05) is 0 Å². The quantitative estimate of drug-likeness (QED) is 0.352. The van der Waals surface area contributed by atoms with Crippen LogP contribution >= 0.6 is 0 Å². The van der Waals surface area contributed by atoms with Crippen molar-refractivity contribution in [1.82, 2.24) is 0 Å². The Bertz CT molecular complexity index is 275. The van der Waals surface area contributed by atoms with Gasteiger partial charge in [0.2, 0.25) is 0 Å². The van der Waals surface area contributed by atoms with E-state index in [2.05, 4.69) is 29.0 Å². The third-order valence-electron chi connectivity index (χ3n) is 0.483. The molecule has 0 aromatic heterocycles. The van der Waals surface area contributed by atoms with Crippen LogP contribution in [0.1, 0.15) is 0 Å². The minimum Gasteiger partial charge on any atom is -0.191 e. The molecule has 0 bridgehead atoms. The molecule has 0 radical (unpaired) electrons. The van der Waals surface area contributed by atoms with Gasteiger partial charge in [-0.15, -0.1) is 0 Å². The zero-order chi connectivity index (χ0) is 9.83. The Labute approximate surface area is 67.4 Å². The molecule has 0 aliphatic carbocycles. The molecule has 0 atom stereocenters. The van der Waals surface area contributed by atoms with Gasteiger partial charge in [0.05, 0.1) is 0 Å². The highest BCUT2D eigenvalue weighted by Crippen LogP contribution is 1.97.